The number of hydrogen-bond acceptors (Lipinski definition) is 3. The fourth-order valence-corrected chi connectivity index (χ4v) is 1.60. The zero-order chi connectivity index (χ0) is 13.5. The average Bonchev–Trinajstić information content (AvgIpc) is 2.36. The van der Waals surface area contributed by atoms with E-state index in [1.54, 1.807) is 0 Å². The van der Waals surface area contributed by atoms with E-state index >= 15 is 0 Å². The van der Waals surface area contributed by atoms with Crippen LogP contribution in [0.4, 0.5) is 4.39 Å². The lowest BCUT2D eigenvalue weighted by Crippen LogP contribution is -2.28. The number of carbonyl (C=O) groups is 1. The molecule has 0 spiro atoms. The van der Waals surface area contributed by atoms with Crippen molar-refractivity contribution >= 4 is 5.91 Å². The molecule has 1 amide bonds. The highest BCUT2D eigenvalue weighted by atomic mass is 19.1. The summed E-state index contributed by atoms with van der Waals surface area (Å²) in [5.41, 5.74) is 0.328. The van der Waals surface area contributed by atoms with Crippen LogP contribution in [0, 0.1) is 5.82 Å². The number of amides is 1. The van der Waals surface area contributed by atoms with Crippen LogP contribution in [-0.2, 0) is 4.79 Å². The molecule has 0 radical (unpaired) electrons. The number of aliphatic hydroxyl groups is 1. The van der Waals surface area contributed by atoms with Crippen LogP contribution in [0.15, 0.2) is 18.2 Å². The fourth-order valence-electron chi connectivity index (χ4n) is 1.60. The molecule has 0 saturated heterocycles. The maximum absolute atomic E-state index is 13.1. The van der Waals surface area contributed by atoms with Crippen molar-refractivity contribution in [3.05, 3.63) is 29.6 Å². The first-order valence-electron chi connectivity index (χ1n) is 5.86. The van der Waals surface area contributed by atoms with Gasteiger partial charge in [0.05, 0.1) is 13.2 Å². The number of hydrogen-bond donors (Lipinski definition) is 2. The molecule has 0 aromatic heterocycles. The van der Waals surface area contributed by atoms with Crippen LogP contribution in [0.1, 0.15) is 31.4 Å². The normalized spacial score (nSPS) is 12.0. The number of benzene rings is 1. The Balaban J connectivity index is 2.68. The standard InChI is InChI=1S/C13H18FNO3/c1-3-4-13(17)15-8-11(16)10-7-9(14)5-6-12(10)18-2/h5-7,11,16H,3-4,8H2,1-2H3,(H,15,17). The van der Waals surface area contributed by atoms with Crippen molar-refractivity contribution in [3.63, 3.8) is 0 Å². The van der Waals surface area contributed by atoms with Crippen molar-refractivity contribution in [1.82, 2.24) is 5.32 Å². The minimum absolute atomic E-state index is 0.0403. The molecule has 0 aliphatic rings. The second kappa shape index (κ2) is 6.96. The quantitative estimate of drug-likeness (QED) is 0.814. The molecule has 0 saturated carbocycles. The van der Waals surface area contributed by atoms with Crippen LogP contribution in [0.3, 0.4) is 0 Å². The van der Waals surface area contributed by atoms with Crippen LogP contribution in [0.25, 0.3) is 0 Å². The molecule has 0 heterocycles. The van der Waals surface area contributed by atoms with Gasteiger partial charge >= 0.3 is 0 Å². The Morgan fingerprint density at radius 1 is 1.56 bits per heavy atom. The van der Waals surface area contributed by atoms with E-state index in [1.165, 1.54) is 25.3 Å². The zero-order valence-corrected chi connectivity index (χ0v) is 10.6. The zero-order valence-electron chi connectivity index (χ0n) is 10.6. The van der Waals surface area contributed by atoms with Gasteiger partial charge in [-0.1, -0.05) is 6.92 Å². The fraction of sp³-hybridized carbons (Fsp3) is 0.462. The molecule has 0 aliphatic carbocycles. The van der Waals surface area contributed by atoms with Crippen molar-refractivity contribution in [2.45, 2.75) is 25.9 Å². The van der Waals surface area contributed by atoms with Crippen molar-refractivity contribution in [1.29, 1.82) is 0 Å². The second-order valence-electron chi connectivity index (χ2n) is 3.96. The van der Waals surface area contributed by atoms with Crippen molar-refractivity contribution in [2.75, 3.05) is 13.7 Å². The Kier molecular flexibility index (Phi) is 5.58. The van der Waals surface area contributed by atoms with E-state index in [0.29, 0.717) is 17.7 Å². The van der Waals surface area contributed by atoms with Gasteiger partial charge in [0.2, 0.25) is 5.91 Å². The van der Waals surface area contributed by atoms with Crippen LogP contribution in [0.2, 0.25) is 0 Å². The van der Waals surface area contributed by atoms with Crippen LogP contribution < -0.4 is 10.1 Å². The summed E-state index contributed by atoms with van der Waals surface area (Å²) in [4.78, 5) is 11.3. The molecule has 18 heavy (non-hydrogen) atoms. The van der Waals surface area contributed by atoms with Gasteiger partial charge in [0.25, 0.3) is 0 Å². The van der Waals surface area contributed by atoms with E-state index in [4.69, 9.17) is 4.74 Å². The number of aliphatic hydroxyl groups excluding tert-OH is 1. The first-order chi connectivity index (χ1) is 8.58. The minimum Gasteiger partial charge on any atom is -0.496 e. The van der Waals surface area contributed by atoms with Gasteiger partial charge in [-0.15, -0.1) is 0 Å². The van der Waals surface area contributed by atoms with Crippen LogP contribution in [0.5, 0.6) is 5.75 Å². The minimum atomic E-state index is -0.989. The molecule has 2 N–H and O–H groups in total. The summed E-state index contributed by atoms with van der Waals surface area (Å²) >= 11 is 0. The molecule has 0 aliphatic heterocycles. The Morgan fingerprint density at radius 3 is 2.89 bits per heavy atom. The molecule has 1 aromatic carbocycles. The Hall–Kier alpha value is -1.62. The van der Waals surface area contributed by atoms with Gasteiger partial charge < -0.3 is 15.2 Å². The molecular formula is C13H18FNO3. The molecule has 5 heteroatoms. The lowest BCUT2D eigenvalue weighted by atomic mass is 10.1. The van der Waals surface area contributed by atoms with Crippen molar-refractivity contribution in [3.8, 4) is 5.75 Å². The molecule has 0 bridgehead atoms. The largest absolute Gasteiger partial charge is 0.496 e. The van der Waals surface area contributed by atoms with Gasteiger partial charge in [-0.05, 0) is 24.6 Å². The molecule has 0 fully saturated rings. The van der Waals surface area contributed by atoms with Gasteiger partial charge in [0.15, 0.2) is 0 Å². The SMILES string of the molecule is CCCC(=O)NCC(O)c1cc(F)ccc1OC. The van der Waals surface area contributed by atoms with Crippen LogP contribution >= 0.6 is 0 Å². The topological polar surface area (TPSA) is 58.6 Å². The summed E-state index contributed by atoms with van der Waals surface area (Å²) in [6.07, 6.45) is 0.162. The van der Waals surface area contributed by atoms with E-state index in [2.05, 4.69) is 5.32 Å². The van der Waals surface area contributed by atoms with E-state index in [0.717, 1.165) is 6.42 Å². The molecular weight excluding hydrogens is 237 g/mol. The lowest BCUT2D eigenvalue weighted by molar-refractivity contribution is -0.121. The maximum atomic E-state index is 13.1. The smallest absolute Gasteiger partial charge is 0.220 e. The number of nitrogens with one attached hydrogen (secondary N) is 1. The third kappa shape index (κ3) is 4.00. The summed E-state index contributed by atoms with van der Waals surface area (Å²) in [6.45, 7) is 1.93. The van der Waals surface area contributed by atoms with E-state index in [-0.39, 0.29) is 12.5 Å². The summed E-state index contributed by atoms with van der Waals surface area (Å²) in [5.74, 6) is -0.190. The highest BCUT2D eigenvalue weighted by Crippen LogP contribution is 2.25. The van der Waals surface area contributed by atoms with E-state index in [9.17, 15) is 14.3 Å². The molecule has 100 valence electrons. The average molecular weight is 255 g/mol. The summed E-state index contributed by atoms with van der Waals surface area (Å²) in [7, 11) is 1.44. The number of methoxy groups -OCH3 is 1. The Labute approximate surface area is 106 Å². The van der Waals surface area contributed by atoms with Gasteiger partial charge in [-0.25, -0.2) is 4.39 Å². The molecule has 1 atom stereocenters. The second-order valence-corrected chi connectivity index (χ2v) is 3.96. The predicted octanol–water partition coefficient (Wildman–Crippen LogP) is 1.78. The van der Waals surface area contributed by atoms with Crippen molar-refractivity contribution < 1.29 is 19.0 Å². The Bertz CT molecular complexity index is 409. The van der Waals surface area contributed by atoms with Gasteiger partial charge in [0.1, 0.15) is 11.6 Å². The highest BCUT2D eigenvalue weighted by molar-refractivity contribution is 5.75. The number of ether oxygens (including phenoxy) is 1. The number of carbonyl (C=O) groups excluding carboxylic acids is 1. The monoisotopic (exact) mass is 255 g/mol. The molecule has 1 rings (SSSR count). The van der Waals surface area contributed by atoms with E-state index < -0.39 is 11.9 Å². The number of halogens is 1. The maximum Gasteiger partial charge on any atom is 0.220 e. The first-order valence-corrected chi connectivity index (χ1v) is 5.86. The molecule has 4 nitrogen and oxygen atoms in total. The van der Waals surface area contributed by atoms with Gasteiger partial charge in [-0.3, -0.25) is 4.79 Å². The van der Waals surface area contributed by atoms with Crippen molar-refractivity contribution in [2.24, 2.45) is 0 Å². The third-order valence-electron chi connectivity index (χ3n) is 2.52. The summed E-state index contributed by atoms with van der Waals surface area (Å²) in [6, 6.07) is 3.90. The molecule has 1 unspecified atom stereocenters. The van der Waals surface area contributed by atoms with Gasteiger partial charge in [0, 0.05) is 18.5 Å². The van der Waals surface area contributed by atoms with E-state index in [1.807, 2.05) is 6.92 Å². The number of rotatable bonds is 6. The Morgan fingerprint density at radius 2 is 2.28 bits per heavy atom. The van der Waals surface area contributed by atoms with Gasteiger partial charge in [-0.2, -0.15) is 0 Å². The molecule has 1 aromatic rings. The summed E-state index contributed by atoms with van der Waals surface area (Å²) in [5, 5.41) is 12.5. The summed E-state index contributed by atoms with van der Waals surface area (Å²) < 4.78 is 18.1. The third-order valence-corrected chi connectivity index (χ3v) is 2.52. The first kappa shape index (κ1) is 14.4. The van der Waals surface area contributed by atoms with Crippen LogP contribution in [-0.4, -0.2) is 24.7 Å². The predicted molar refractivity (Wildman–Crippen MR) is 65.8 cm³/mol. The lowest BCUT2D eigenvalue weighted by Gasteiger charge is -2.15. The highest BCUT2D eigenvalue weighted by Gasteiger charge is 2.15.